The molecule has 0 aromatic heterocycles. The Hall–Kier alpha value is -2.31. The summed E-state index contributed by atoms with van der Waals surface area (Å²) in [6.07, 6.45) is 0. The first-order valence-corrected chi connectivity index (χ1v) is 5.69. The van der Waals surface area contributed by atoms with Gasteiger partial charge in [-0.1, -0.05) is 24.3 Å². The number of hydrogen-bond donors (Lipinski definition) is 1. The van der Waals surface area contributed by atoms with Crippen LogP contribution in [0.1, 0.15) is 11.1 Å². The fourth-order valence-corrected chi connectivity index (χ4v) is 1.85. The van der Waals surface area contributed by atoms with Crippen molar-refractivity contribution in [3.05, 3.63) is 59.7 Å². The zero-order valence-corrected chi connectivity index (χ0v) is 10.2. The van der Waals surface area contributed by atoms with E-state index in [0.717, 1.165) is 16.9 Å². The minimum Gasteiger partial charge on any atom is -0.392 e. The fraction of sp³-hybridized carbons (Fsp3) is 0.133. The Balaban J connectivity index is 2.43. The van der Waals surface area contributed by atoms with Gasteiger partial charge in [0.1, 0.15) is 6.07 Å². The van der Waals surface area contributed by atoms with Crippen LogP contribution in [-0.4, -0.2) is 12.2 Å². The van der Waals surface area contributed by atoms with E-state index < -0.39 is 0 Å². The second-order valence-corrected chi connectivity index (χ2v) is 4.02. The van der Waals surface area contributed by atoms with Crippen LogP contribution in [0, 0.1) is 11.3 Å². The van der Waals surface area contributed by atoms with E-state index in [4.69, 9.17) is 5.11 Å². The van der Waals surface area contributed by atoms with E-state index in [2.05, 4.69) is 6.07 Å². The molecule has 2 aromatic rings. The molecule has 0 aliphatic heterocycles. The molecule has 0 radical (unpaired) electrons. The van der Waals surface area contributed by atoms with E-state index in [0.29, 0.717) is 5.56 Å². The van der Waals surface area contributed by atoms with Gasteiger partial charge in [-0.15, -0.1) is 0 Å². The summed E-state index contributed by atoms with van der Waals surface area (Å²) in [5, 5.41) is 18.3. The van der Waals surface area contributed by atoms with E-state index in [-0.39, 0.29) is 6.61 Å². The monoisotopic (exact) mass is 238 g/mol. The summed E-state index contributed by atoms with van der Waals surface area (Å²) in [6.45, 7) is -0.0516. The molecule has 2 aromatic carbocycles. The minimum absolute atomic E-state index is 0.0516. The molecule has 0 amide bonds. The van der Waals surface area contributed by atoms with Gasteiger partial charge in [0, 0.05) is 12.7 Å². The highest BCUT2D eigenvalue weighted by Gasteiger charge is 2.09. The van der Waals surface area contributed by atoms with Gasteiger partial charge in [0.05, 0.1) is 17.9 Å². The Morgan fingerprint density at radius 3 is 2.50 bits per heavy atom. The van der Waals surface area contributed by atoms with Crippen molar-refractivity contribution >= 4 is 11.4 Å². The van der Waals surface area contributed by atoms with Crippen LogP contribution < -0.4 is 4.90 Å². The highest BCUT2D eigenvalue weighted by molar-refractivity contribution is 5.69. The lowest BCUT2D eigenvalue weighted by molar-refractivity contribution is 0.282. The molecule has 0 saturated heterocycles. The van der Waals surface area contributed by atoms with E-state index in [1.165, 1.54) is 0 Å². The molecule has 0 fully saturated rings. The largest absolute Gasteiger partial charge is 0.392 e. The second kappa shape index (κ2) is 5.35. The molecule has 0 spiro atoms. The van der Waals surface area contributed by atoms with Crippen molar-refractivity contribution in [2.45, 2.75) is 6.61 Å². The highest BCUT2D eigenvalue weighted by atomic mass is 16.3. The molecule has 1 N–H and O–H groups in total. The average Bonchev–Trinajstić information content (AvgIpc) is 2.46. The number of benzene rings is 2. The van der Waals surface area contributed by atoms with Gasteiger partial charge in [-0.25, -0.2) is 0 Å². The first kappa shape index (κ1) is 12.2. The van der Waals surface area contributed by atoms with Gasteiger partial charge in [-0.3, -0.25) is 0 Å². The maximum absolute atomic E-state index is 9.18. The van der Waals surface area contributed by atoms with Gasteiger partial charge in [-0.2, -0.15) is 5.26 Å². The lowest BCUT2D eigenvalue weighted by Crippen LogP contribution is -2.11. The first-order chi connectivity index (χ1) is 8.76. The zero-order valence-electron chi connectivity index (χ0n) is 10.2. The number of aliphatic hydroxyl groups is 1. The van der Waals surface area contributed by atoms with E-state index in [1.807, 2.05) is 54.4 Å². The van der Waals surface area contributed by atoms with Gasteiger partial charge >= 0.3 is 0 Å². The smallest absolute Gasteiger partial charge is 0.101 e. The minimum atomic E-state index is -0.0516. The molecule has 90 valence electrons. The van der Waals surface area contributed by atoms with Crippen molar-refractivity contribution < 1.29 is 5.11 Å². The quantitative estimate of drug-likeness (QED) is 0.894. The van der Waals surface area contributed by atoms with Gasteiger partial charge in [0.2, 0.25) is 0 Å². The Morgan fingerprint density at radius 2 is 1.89 bits per heavy atom. The van der Waals surface area contributed by atoms with Gasteiger partial charge < -0.3 is 10.0 Å². The predicted octanol–water partition coefficient (Wildman–Crippen LogP) is 2.82. The molecule has 0 bridgehead atoms. The number of rotatable bonds is 3. The van der Waals surface area contributed by atoms with Gasteiger partial charge in [-0.05, 0) is 29.8 Å². The third-order valence-corrected chi connectivity index (χ3v) is 2.87. The molecule has 0 saturated carbocycles. The summed E-state index contributed by atoms with van der Waals surface area (Å²) in [6, 6.07) is 17.4. The summed E-state index contributed by atoms with van der Waals surface area (Å²) in [4.78, 5) is 1.96. The number of nitriles is 1. The topological polar surface area (TPSA) is 47.3 Å². The Labute approximate surface area is 107 Å². The number of nitrogens with zero attached hydrogens (tertiary/aromatic N) is 2. The number of para-hydroxylation sites is 1. The summed E-state index contributed by atoms with van der Waals surface area (Å²) in [5.74, 6) is 0. The lowest BCUT2D eigenvalue weighted by Gasteiger charge is -2.21. The van der Waals surface area contributed by atoms with Crippen LogP contribution in [-0.2, 0) is 6.61 Å². The molecule has 18 heavy (non-hydrogen) atoms. The predicted molar refractivity (Wildman–Crippen MR) is 71.6 cm³/mol. The van der Waals surface area contributed by atoms with Crippen LogP contribution in [0.2, 0.25) is 0 Å². The fourth-order valence-electron chi connectivity index (χ4n) is 1.85. The van der Waals surface area contributed by atoms with Gasteiger partial charge in [0.15, 0.2) is 0 Å². The van der Waals surface area contributed by atoms with Crippen molar-refractivity contribution in [1.29, 1.82) is 5.26 Å². The second-order valence-electron chi connectivity index (χ2n) is 4.02. The van der Waals surface area contributed by atoms with Crippen molar-refractivity contribution in [1.82, 2.24) is 0 Å². The molecule has 0 atom stereocenters. The molecule has 3 heteroatoms. The highest BCUT2D eigenvalue weighted by Crippen LogP contribution is 2.27. The normalized spacial score (nSPS) is 9.83. The number of hydrogen-bond acceptors (Lipinski definition) is 3. The van der Waals surface area contributed by atoms with E-state index in [9.17, 15) is 5.26 Å². The molecule has 0 aliphatic carbocycles. The Kier molecular flexibility index (Phi) is 3.61. The molecule has 0 heterocycles. The summed E-state index contributed by atoms with van der Waals surface area (Å²) >= 11 is 0. The maximum atomic E-state index is 9.18. The molecule has 0 unspecified atom stereocenters. The van der Waals surface area contributed by atoms with Crippen LogP contribution in [0.3, 0.4) is 0 Å². The van der Waals surface area contributed by atoms with E-state index >= 15 is 0 Å². The maximum Gasteiger partial charge on any atom is 0.101 e. The van der Waals surface area contributed by atoms with Crippen molar-refractivity contribution in [3.8, 4) is 6.07 Å². The zero-order chi connectivity index (χ0) is 13.0. The Bertz CT molecular complexity index is 573. The molecule has 3 nitrogen and oxygen atoms in total. The molecular weight excluding hydrogens is 224 g/mol. The average molecular weight is 238 g/mol. The van der Waals surface area contributed by atoms with Crippen molar-refractivity contribution in [2.75, 3.05) is 11.9 Å². The lowest BCUT2D eigenvalue weighted by atomic mass is 10.1. The van der Waals surface area contributed by atoms with Crippen LogP contribution in [0.4, 0.5) is 11.4 Å². The third kappa shape index (κ3) is 2.34. The number of anilines is 2. The summed E-state index contributed by atoms with van der Waals surface area (Å²) in [7, 11) is 1.92. The third-order valence-electron chi connectivity index (χ3n) is 2.87. The SMILES string of the molecule is CN(c1ccccc1)c1ccc(CO)cc1C#N. The first-order valence-electron chi connectivity index (χ1n) is 5.69. The van der Waals surface area contributed by atoms with E-state index in [1.54, 1.807) is 6.07 Å². The molecular formula is C15H14N2O. The van der Waals surface area contributed by atoms with Crippen molar-refractivity contribution in [2.24, 2.45) is 0 Å². The standard InChI is InChI=1S/C15H14N2O/c1-17(14-5-3-2-4-6-14)15-8-7-12(11-18)9-13(15)10-16/h2-9,18H,11H2,1H3. The van der Waals surface area contributed by atoms with Crippen LogP contribution in [0.25, 0.3) is 0 Å². The van der Waals surface area contributed by atoms with Crippen LogP contribution in [0.5, 0.6) is 0 Å². The van der Waals surface area contributed by atoms with Crippen LogP contribution in [0.15, 0.2) is 48.5 Å². The molecule has 0 aliphatic rings. The molecule has 2 rings (SSSR count). The van der Waals surface area contributed by atoms with Crippen molar-refractivity contribution in [3.63, 3.8) is 0 Å². The Morgan fingerprint density at radius 1 is 1.17 bits per heavy atom. The van der Waals surface area contributed by atoms with Crippen LogP contribution >= 0.6 is 0 Å². The summed E-state index contributed by atoms with van der Waals surface area (Å²) in [5.41, 5.74) is 3.16. The van der Waals surface area contributed by atoms with Gasteiger partial charge in [0.25, 0.3) is 0 Å². The number of aliphatic hydroxyl groups excluding tert-OH is 1. The summed E-state index contributed by atoms with van der Waals surface area (Å²) < 4.78 is 0.